The normalized spacial score (nSPS) is 12.5. The Labute approximate surface area is 97.6 Å². The third-order valence-corrected chi connectivity index (χ3v) is 2.51. The molecular weight excluding hydrogens is 224 g/mol. The van der Waals surface area contributed by atoms with Crippen molar-refractivity contribution in [3.63, 3.8) is 0 Å². The Kier molecular flexibility index (Phi) is 3.15. The molecule has 1 aromatic heterocycles. The molecule has 0 radical (unpaired) electrons. The van der Waals surface area contributed by atoms with E-state index in [9.17, 15) is 13.9 Å². The first-order chi connectivity index (χ1) is 8.08. The predicted octanol–water partition coefficient (Wildman–Crippen LogP) is 2.75. The van der Waals surface area contributed by atoms with Gasteiger partial charge in [0.2, 0.25) is 0 Å². The molecular formula is C13H11F2NO. The van der Waals surface area contributed by atoms with Gasteiger partial charge < -0.3 is 5.11 Å². The van der Waals surface area contributed by atoms with Gasteiger partial charge in [0.15, 0.2) is 11.6 Å². The van der Waals surface area contributed by atoms with E-state index in [2.05, 4.69) is 4.98 Å². The Hall–Kier alpha value is -1.81. The molecule has 2 rings (SSSR count). The summed E-state index contributed by atoms with van der Waals surface area (Å²) in [7, 11) is 0. The number of aliphatic hydroxyl groups excluding tert-OH is 1. The zero-order valence-electron chi connectivity index (χ0n) is 9.19. The molecule has 2 nitrogen and oxygen atoms in total. The molecule has 1 N–H and O–H groups in total. The first-order valence-corrected chi connectivity index (χ1v) is 5.13. The van der Waals surface area contributed by atoms with Gasteiger partial charge in [-0.3, -0.25) is 4.98 Å². The smallest absolute Gasteiger partial charge is 0.159 e. The minimum atomic E-state index is -1.00. The zero-order chi connectivity index (χ0) is 12.4. The van der Waals surface area contributed by atoms with Crippen molar-refractivity contribution in [1.29, 1.82) is 0 Å². The van der Waals surface area contributed by atoms with E-state index in [1.165, 1.54) is 12.3 Å². The maximum atomic E-state index is 13.0. The van der Waals surface area contributed by atoms with Crippen LogP contribution in [-0.2, 0) is 0 Å². The van der Waals surface area contributed by atoms with Crippen LogP contribution in [0.4, 0.5) is 8.78 Å². The molecule has 1 atom stereocenters. The van der Waals surface area contributed by atoms with Crippen LogP contribution in [0.5, 0.6) is 0 Å². The Morgan fingerprint density at radius 2 is 1.76 bits per heavy atom. The topological polar surface area (TPSA) is 33.1 Å². The predicted molar refractivity (Wildman–Crippen MR) is 59.4 cm³/mol. The summed E-state index contributed by atoms with van der Waals surface area (Å²) in [5.74, 6) is -1.90. The fourth-order valence-corrected chi connectivity index (χ4v) is 1.52. The lowest BCUT2D eigenvalue weighted by atomic mass is 10.0. The molecule has 2 aromatic rings. The van der Waals surface area contributed by atoms with Gasteiger partial charge >= 0.3 is 0 Å². The third-order valence-electron chi connectivity index (χ3n) is 2.51. The van der Waals surface area contributed by atoms with Gasteiger partial charge in [-0.05, 0) is 30.7 Å². The van der Waals surface area contributed by atoms with Gasteiger partial charge in [0.1, 0.15) is 6.10 Å². The minimum absolute atomic E-state index is 0.301. The average molecular weight is 235 g/mol. The number of hydrogen-bond acceptors (Lipinski definition) is 2. The molecule has 0 aliphatic rings. The molecule has 0 fully saturated rings. The van der Waals surface area contributed by atoms with Gasteiger partial charge in [0, 0.05) is 17.5 Å². The molecule has 88 valence electrons. The maximum Gasteiger partial charge on any atom is 0.159 e. The summed E-state index contributed by atoms with van der Waals surface area (Å²) in [6.07, 6.45) is 0.513. The lowest BCUT2D eigenvalue weighted by Gasteiger charge is -2.11. The summed E-state index contributed by atoms with van der Waals surface area (Å²) in [4.78, 5) is 4.04. The SMILES string of the molecule is Cc1ccc(C(O)c2ccc(F)c(F)c2)cn1. The quantitative estimate of drug-likeness (QED) is 0.868. The highest BCUT2D eigenvalue weighted by Crippen LogP contribution is 2.22. The van der Waals surface area contributed by atoms with Gasteiger partial charge in [-0.15, -0.1) is 0 Å². The molecule has 1 heterocycles. The maximum absolute atomic E-state index is 13.0. The van der Waals surface area contributed by atoms with Crippen molar-refractivity contribution >= 4 is 0 Å². The second-order valence-corrected chi connectivity index (χ2v) is 3.81. The monoisotopic (exact) mass is 235 g/mol. The molecule has 0 aliphatic heterocycles. The van der Waals surface area contributed by atoms with Crippen LogP contribution in [0.2, 0.25) is 0 Å². The van der Waals surface area contributed by atoms with E-state index in [4.69, 9.17) is 0 Å². The van der Waals surface area contributed by atoms with Crippen LogP contribution >= 0.6 is 0 Å². The first kappa shape index (κ1) is 11.7. The van der Waals surface area contributed by atoms with Crippen molar-refractivity contribution in [2.75, 3.05) is 0 Å². The molecule has 0 saturated heterocycles. The Morgan fingerprint density at radius 3 is 2.35 bits per heavy atom. The van der Waals surface area contributed by atoms with Crippen LogP contribution in [0, 0.1) is 18.6 Å². The van der Waals surface area contributed by atoms with Crippen LogP contribution in [0.1, 0.15) is 22.9 Å². The van der Waals surface area contributed by atoms with Crippen LogP contribution in [0.25, 0.3) is 0 Å². The van der Waals surface area contributed by atoms with Gasteiger partial charge in [0.25, 0.3) is 0 Å². The van der Waals surface area contributed by atoms with Crippen molar-refractivity contribution in [3.05, 3.63) is 65.0 Å². The standard InChI is InChI=1S/C13H11F2NO/c1-8-2-3-10(7-16-8)13(17)9-4-5-11(14)12(15)6-9/h2-7,13,17H,1H3. The highest BCUT2D eigenvalue weighted by molar-refractivity contribution is 5.29. The Bertz CT molecular complexity index is 525. The van der Waals surface area contributed by atoms with Crippen molar-refractivity contribution in [1.82, 2.24) is 4.98 Å². The number of nitrogens with zero attached hydrogens (tertiary/aromatic N) is 1. The van der Waals surface area contributed by atoms with E-state index in [-0.39, 0.29) is 0 Å². The molecule has 0 spiro atoms. The molecule has 1 unspecified atom stereocenters. The van der Waals surface area contributed by atoms with Crippen LogP contribution in [-0.4, -0.2) is 10.1 Å². The fraction of sp³-hybridized carbons (Fsp3) is 0.154. The molecule has 0 amide bonds. The first-order valence-electron chi connectivity index (χ1n) is 5.13. The number of hydrogen-bond donors (Lipinski definition) is 1. The summed E-state index contributed by atoms with van der Waals surface area (Å²) in [6, 6.07) is 6.78. The molecule has 17 heavy (non-hydrogen) atoms. The summed E-state index contributed by atoms with van der Waals surface area (Å²) in [6.45, 7) is 1.83. The van der Waals surface area contributed by atoms with E-state index in [1.807, 2.05) is 6.92 Å². The number of aliphatic hydroxyl groups is 1. The number of aromatic nitrogens is 1. The second kappa shape index (κ2) is 4.59. The van der Waals surface area contributed by atoms with Crippen molar-refractivity contribution in [2.45, 2.75) is 13.0 Å². The molecule has 0 aliphatic carbocycles. The van der Waals surface area contributed by atoms with E-state index in [0.717, 1.165) is 17.8 Å². The summed E-state index contributed by atoms with van der Waals surface area (Å²) in [5, 5.41) is 9.97. The number of benzene rings is 1. The zero-order valence-corrected chi connectivity index (χ0v) is 9.19. The van der Waals surface area contributed by atoms with Gasteiger partial charge in [-0.1, -0.05) is 12.1 Å². The van der Waals surface area contributed by atoms with Crippen LogP contribution < -0.4 is 0 Å². The van der Waals surface area contributed by atoms with Gasteiger partial charge in [0.05, 0.1) is 0 Å². The summed E-state index contributed by atoms with van der Waals surface area (Å²) >= 11 is 0. The van der Waals surface area contributed by atoms with Gasteiger partial charge in [-0.2, -0.15) is 0 Å². The molecule has 0 bridgehead atoms. The number of rotatable bonds is 2. The lowest BCUT2D eigenvalue weighted by molar-refractivity contribution is 0.219. The van der Waals surface area contributed by atoms with Crippen molar-refractivity contribution < 1.29 is 13.9 Å². The number of halogens is 2. The molecule has 4 heteroatoms. The van der Waals surface area contributed by atoms with Crippen LogP contribution in [0.3, 0.4) is 0 Å². The van der Waals surface area contributed by atoms with Crippen LogP contribution in [0.15, 0.2) is 36.5 Å². The number of pyridine rings is 1. The summed E-state index contributed by atoms with van der Waals surface area (Å²) in [5.41, 5.74) is 1.67. The largest absolute Gasteiger partial charge is 0.384 e. The van der Waals surface area contributed by atoms with E-state index in [1.54, 1.807) is 12.1 Å². The average Bonchev–Trinajstić information content (AvgIpc) is 2.33. The fourth-order valence-electron chi connectivity index (χ4n) is 1.52. The highest BCUT2D eigenvalue weighted by atomic mass is 19.2. The second-order valence-electron chi connectivity index (χ2n) is 3.81. The van der Waals surface area contributed by atoms with Crippen molar-refractivity contribution in [2.24, 2.45) is 0 Å². The Balaban J connectivity index is 2.33. The van der Waals surface area contributed by atoms with E-state index in [0.29, 0.717) is 11.1 Å². The lowest BCUT2D eigenvalue weighted by Crippen LogP contribution is -2.01. The minimum Gasteiger partial charge on any atom is -0.384 e. The Morgan fingerprint density at radius 1 is 1.06 bits per heavy atom. The highest BCUT2D eigenvalue weighted by Gasteiger charge is 2.13. The summed E-state index contributed by atoms with van der Waals surface area (Å²) < 4.78 is 25.8. The third kappa shape index (κ3) is 2.47. The molecule has 0 saturated carbocycles. The van der Waals surface area contributed by atoms with Gasteiger partial charge in [-0.25, -0.2) is 8.78 Å². The number of aryl methyl sites for hydroxylation is 1. The molecule has 1 aromatic carbocycles. The van der Waals surface area contributed by atoms with Crippen molar-refractivity contribution in [3.8, 4) is 0 Å². The van der Waals surface area contributed by atoms with E-state index < -0.39 is 17.7 Å². The van der Waals surface area contributed by atoms with E-state index >= 15 is 0 Å².